The zero-order valence-corrected chi connectivity index (χ0v) is 16.5. The largest absolute Gasteiger partial charge is 0.452 e. The van der Waals surface area contributed by atoms with Gasteiger partial charge in [0.05, 0.1) is 16.2 Å². The van der Waals surface area contributed by atoms with Crippen molar-refractivity contribution in [3.63, 3.8) is 0 Å². The lowest BCUT2D eigenvalue weighted by Gasteiger charge is -2.27. The first-order chi connectivity index (χ1) is 14.7. The minimum Gasteiger partial charge on any atom is -0.452 e. The number of hydrogen-bond acceptors (Lipinski definition) is 7. The molecule has 12 heteroatoms. The first-order valence-corrected chi connectivity index (χ1v) is 9.26. The Morgan fingerprint density at radius 3 is 2.55 bits per heavy atom. The van der Waals surface area contributed by atoms with Crippen LogP contribution in [0.2, 0.25) is 5.02 Å². The molecule has 0 bridgehead atoms. The van der Waals surface area contributed by atoms with Gasteiger partial charge >= 0.3 is 5.97 Å². The van der Waals surface area contributed by atoms with E-state index < -0.39 is 29.1 Å². The molecule has 1 fully saturated rings. The summed E-state index contributed by atoms with van der Waals surface area (Å²) >= 11 is 5.72. The highest BCUT2D eigenvalue weighted by atomic mass is 35.5. The summed E-state index contributed by atoms with van der Waals surface area (Å²) in [6.07, 6.45) is 0.192. The molecule has 160 valence electrons. The number of hydrazine groups is 1. The van der Waals surface area contributed by atoms with Crippen molar-refractivity contribution in [2.45, 2.75) is 12.8 Å². The van der Waals surface area contributed by atoms with E-state index in [0.29, 0.717) is 5.69 Å². The third-order valence-electron chi connectivity index (χ3n) is 4.18. The van der Waals surface area contributed by atoms with Crippen molar-refractivity contribution in [3.05, 3.63) is 63.2 Å². The number of anilines is 2. The summed E-state index contributed by atoms with van der Waals surface area (Å²) in [5.74, 6) is -2.18. The van der Waals surface area contributed by atoms with E-state index in [4.69, 9.17) is 16.3 Å². The number of hydrogen-bond donors (Lipinski definition) is 2. The molecule has 1 heterocycles. The molecule has 0 aromatic heterocycles. The monoisotopic (exact) mass is 446 g/mol. The Labute approximate surface area is 180 Å². The molecule has 1 saturated heterocycles. The molecular weight excluding hydrogens is 432 g/mol. The fourth-order valence-electron chi connectivity index (χ4n) is 2.69. The van der Waals surface area contributed by atoms with E-state index in [0.717, 1.165) is 11.1 Å². The predicted octanol–water partition coefficient (Wildman–Crippen LogP) is 2.20. The number of nitrogens with zero attached hydrogens (tertiary/aromatic N) is 2. The van der Waals surface area contributed by atoms with E-state index in [1.807, 2.05) is 0 Å². The van der Waals surface area contributed by atoms with Crippen molar-refractivity contribution in [3.8, 4) is 0 Å². The SMILES string of the molecule is O=C(COC(=O)c1ccc(N2NC(=O)CCC2=O)cc1)Nc1ccc(Cl)cc1[N+](=O)[O-]. The highest BCUT2D eigenvalue weighted by molar-refractivity contribution is 6.31. The van der Waals surface area contributed by atoms with Gasteiger partial charge in [0.1, 0.15) is 5.69 Å². The highest BCUT2D eigenvalue weighted by Gasteiger charge is 2.24. The third-order valence-corrected chi connectivity index (χ3v) is 4.41. The Hall–Kier alpha value is -3.99. The molecule has 2 aromatic rings. The summed E-state index contributed by atoms with van der Waals surface area (Å²) in [4.78, 5) is 57.9. The number of rotatable bonds is 6. The molecule has 3 rings (SSSR count). The zero-order valence-electron chi connectivity index (χ0n) is 15.8. The number of ether oxygens (including phenoxy) is 1. The molecule has 31 heavy (non-hydrogen) atoms. The van der Waals surface area contributed by atoms with Crippen LogP contribution < -0.4 is 15.8 Å². The average molecular weight is 447 g/mol. The molecule has 11 nitrogen and oxygen atoms in total. The summed E-state index contributed by atoms with van der Waals surface area (Å²) in [6.45, 7) is -0.680. The number of carbonyl (C=O) groups is 4. The molecule has 2 aromatic carbocycles. The average Bonchev–Trinajstić information content (AvgIpc) is 2.75. The van der Waals surface area contributed by atoms with Gasteiger partial charge in [-0.05, 0) is 36.4 Å². The molecule has 0 atom stereocenters. The molecule has 0 aliphatic carbocycles. The summed E-state index contributed by atoms with van der Waals surface area (Å²) in [6, 6.07) is 9.34. The quantitative estimate of drug-likeness (QED) is 0.392. The van der Waals surface area contributed by atoms with Gasteiger partial charge in [-0.1, -0.05) is 11.6 Å². The number of benzene rings is 2. The van der Waals surface area contributed by atoms with E-state index in [9.17, 15) is 29.3 Å². The molecule has 2 N–H and O–H groups in total. The van der Waals surface area contributed by atoms with E-state index in [1.165, 1.54) is 36.4 Å². The van der Waals surface area contributed by atoms with E-state index in [-0.39, 0.29) is 40.9 Å². The standard InChI is InChI=1S/C19H15ClN4O7/c20-12-3-6-14(15(9-12)24(29)30)21-17(26)10-31-19(28)11-1-4-13(5-2-11)23-18(27)8-7-16(25)22-23/h1-6,9H,7-8,10H2,(H,21,26)(H,22,25). The van der Waals surface area contributed by atoms with Crippen LogP contribution in [0.5, 0.6) is 0 Å². The first kappa shape index (κ1) is 21.7. The van der Waals surface area contributed by atoms with E-state index in [2.05, 4.69) is 10.7 Å². The fraction of sp³-hybridized carbons (Fsp3) is 0.158. The molecule has 0 unspecified atom stereocenters. The van der Waals surface area contributed by atoms with Crippen molar-refractivity contribution >= 4 is 52.4 Å². The van der Waals surface area contributed by atoms with Gasteiger partial charge in [-0.15, -0.1) is 0 Å². The number of nitrogens with one attached hydrogen (secondary N) is 2. The zero-order chi connectivity index (χ0) is 22.5. The van der Waals surface area contributed by atoms with Gasteiger partial charge in [0.15, 0.2) is 6.61 Å². The predicted molar refractivity (Wildman–Crippen MR) is 108 cm³/mol. The van der Waals surface area contributed by atoms with Crippen molar-refractivity contribution < 1.29 is 28.8 Å². The number of nitro groups is 1. The minimum atomic E-state index is -0.818. The maximum absolute atomic E-state index is 12.1. The van der Waals surface area contributed by atoms with Crippen LogP contribution in [0, 0.1) is 10.1 Å². The maximum atomic E-state index is 12.1. The lowest BCUT2D eigenvalue weighted by atomic mass is 10.2. The second-order valence-electron chi connectivity index (χ2n) is 6.35. The number of amides is 3. The van der Waals surface area contributed by atoms with E-state index >= 15 is 0 Å². The summed E-state index contributed by atoms with van der Waals surface area (Å²) in [5.41, 5.74) is 2.40. The molecule has 0 saturated carbocycles. The second kappa shape index (κ2) is 9.22. The lowest BCUT2D eigenvalue weighted by molar-refractivity contribution is -0.383. The molecule has 0 radical (unpaired) electrons. The van der Waals surface area contributed by atoms with Crippen LogP contribution in [0.25, 0.3) is 0 Å². The molecule has 1 aliphatic heterocycles. The summed E-state index contributed by atoms with van der Waals surface area (Å²) < 4.78 is 4.91. The Kier molecular flexibility index (Phi) is 6.46. The van der Waals surface area contributed by atoms with Crippen LogP contribution in [0.15, 0.2) is 42.5 Å². The summed E-state index contributed by atoms with van der Waals surface area (Å²) in [5, 5.41) is 14.6. The van der Waals surface area contributed by atoms with Gasteiger partial charge in [-0.2, -0.15) is 0 Å². The molecule has 1 aliphatic rings. The lowest BCUT2D eigenvalue weighted by Crippen LogP contribution is -2.50. The van der Waals surface area contributed by atoms with Gasteiger partial charge in [0, 0.05) is 23.9 Å². The van der Waals surface area contributed by atoms with Gasteiger partial charge in [-0.25, -0.2) is 9.80 Å². The Morgan fingerprint density at radius 1 is 1.16 bits per heavy atom. The molecular formula is C19H15ClN4O7. The number of nitro benzene ring substituents is 1. The van der Waals surface area contributed by atoms with Crippen LogP contribution in [0.1, 0.15) is 23.2 Å². The van der Waals surface area contributed by atoms with Crippen LogP contribution in [-0.4, -0.2) is 35.2 Å². The van der Waals surface area contributed by atoms with Gasteiger partial charge in [0.2, 0.25) is 11.8 Å². The number of halogens is 1. The van der Waals surface area contributed by atoms with Crippen LogP contribution in [0.3, 0.4) is 0 Å². The van der Waals surface area contributed by atoms with Crippen molar-refractivity contribution in [1.82, 2.24) is 5.43 Å². The van der Waals surface area contributed by atoms with Gasteiger partial charge in [-0.3, -0.25) is 29.9 Å². The molecule has 3 amide bonds. The molecule has 0 spiro atoms. The van der Waals surface area contributed by atoms with Crippen molar-refractivity contribution in [1.29, 1.82) is 0 Å². The topological polar surface area (TPSA) is 148 Å². The van der Waals surface area contributed by atoms with Crippen molar-refractivity contribution in [2.75, 3.05) is 16.9 Å². The first-order valence-electron chi connectivity index (χ1n) is 8.88. The van der Waals surface area contributed by atoms with Crippen LogP contribution in [-0.2, 0) is 19.1 Å². The van der Waals surface area contributed by atoms with Crippen molar-refractivity contribution in [2.24, 2.45) is 0 Å². The van der Waals surface area contributed by atoms with Gasteiger partial charge < -0.3 is 10.1 Å². The smallest absolute Gasteiger partial charge is 0.338 e. The second-order valence-corrected chi connectivity index (χ2v) is 6.79. The fourth-order valence-corrected chi connectivity index (χ4v) is 2.86. The number of carbonyl (C=O) groups excluding carboxylic acids is 4. The van der Waals surface area contributed by atoms with Gasteiger partial charge in [0.25, 0.3) is 11.6 Å². The number of esters is 1. The summed E-state index contributed by atoms with van der Waals surface area (Å²) in [7, 11) is 0. The Bertz CT molecular complexity index is 1070. The maximum Gasteiger partial charge on any atom is 0.338 e. The van der Waals surface area contributed by atoms with Crippen LogP contribution in [0.4, 0.5) is 17.1 Å². The van der Waals surface area contributed by atoms with E-state index in [1.54, 1.807) is 0 Å². The minimum absolute atomic E-state index is 0.0799. The Balaban J connectivity index is 1.58. The third kappa shape index (κ3) is 5.34. The highest BCUT2D eigenvalue weighted by Crippen LogP contribution is 2.27. The Morgan fingerprint density at radius 2 is 1.87 bits per heavy atom. The van der Waals surface area contributed by atoms with Crippen LogP contribution >= 0.6 is 11.6 Å². The normalized spacial score (nSPS) is 13.4.